The van der Waals surface area contributed by atoms with Gasteiger partial charge in [0, 0.05) is 31.1 Å². The van der Waals surface area contributed by atoms with E-state index in [4.69, 9.17) is 5.73 Å². The zero-order valence-electron chi connectivity index (χ0n) is 11.5. The Morgan fingerprint density at radius 2 is 1.90 bits per heavy atom. The highest BCUT2D eigenvalue weighted by Gasteiger charge is 2.20. The maximum Gasteiger partial charge on any atom is 0.244 e. The van der Waals surface area contributed by atoms with Crippen LogP contribution in [0.2, 0.25) is 0 Å². The van der Waals surface area contributed by atoms with E-state index in [2.05, 4.69) is 15.2 Å². The van der Waals surface area contributed by atoms with Crippen molar-refractivity contribution in [2.75, 3.05) is 18.0 Å². The largest absolute Gasteiger partial charge is 0.339 e. The summed E-state index contributed by atoms with van der Waals surface area (Å²) in [6.07, 6.45) is 1.84. The van der Waals surface area contributed by atoms with Gasteiger partial charge < -0.3 is 10.6 Å². The number of nitrogens with two attached hydrogens (primary N) is 1. The standard InChI is InChI=1S/C14H17F2N5/c15-11-2-1-3-12(16)10(11)8-13-18-14(20-19-13)21-6-4-9(17)5-7-21/h1-3,9H,4-8,17H2,(H,18,19,20). The minimum absolute atomic E-state index is 0.000802. The van der Waals surface area contributed by atoms with Crippen LogP contribution in [0.25, 0.3) is 0 Å². The molecule has 5 nitrogen and oxygen atoms in total. The number of rotatable bonds is 3. The second kappa shape index (κ2) is 5.77. The van der Waals surface area contributed by atoms with E-state index >= 15 is 0 Å². The molecule has 2 heterocycles. The lowest BCUT2D eigenvalue weighted by Crippen LogP contribution is -2.40. The summed E-state index contributed by atoms with van der Waals surface area (Å²) in [5, 5.41) is 6.87. The fourth-order valence-corrected chi connectivity index (χ4v) is 2.47. The Kier molecular flexibility index (Phi) is 3.83. The van der Waals surface area contributed by atoms with E-state index in [1.54, 1.807) is 0 Å². The van der Waals surface area contributed by atoms with Crippen molar-refractivity contribution in [1.82, 2.24) is 15.2 Å². The van der Waals surface area contributed by atoms with Gasteiger partial charge >= 0.3 is 0 Å². The first-order valence-electron chi connectivity index (χ1n) is 6.98. The van der Waals surface area contributed by atoms with Crippen LogP contribution in [0.3, 0.4) is 0 Å². The van der Waals surface area contributed by atoms with Crippen LogP contribution in [-0.2, 0) is 6.42 Å². The minimum atomic E-state index is -0.572. The number of piperidine rings is 1. The average molecular weight is 293 g/mol. The molecular formula is C14H17F2N5. The molecule has 7 heteroatoms. The maximum absolute atomic E-state index is 13.6. The van der Waals surface area contributed by atoms with Gasteiger partial charge in [0.1, 0.15) is 17.5 Å². The van der Waals surface area contributed by atoms with Gasteiger partial charge in [-0.1, -0.05) is 6.07 Å². The maximum atomic E-state index is 13.6. The van der Waals surface area contributed by atoms with Crippen LogP contribution in [0.5, 0.6) is 0 Å². The molecule has 112 valence electrons. The Morgan fingerprint density at radius 3 is 2.57 bits per heavy atom. The van der Waals surface area contributed by atoms with Gasteiger partial charge in [0.05, 0.1) is 0 Å². The number of anilines is 1. The molecule has 0 unspecified atom stereocenters. The number of H-pyrrole nitrogens is 1. The van der Waals surface area contributed by atoms with Crippen molar-refractivity contribution < 1.29 is 8.78 Å². The number of nitrogens with zero attached hydrogens (tertiary/aromatic N) is 3. The molecule has 3 rings (SSSR count). The van der Waals surface area contributed by atoms with Gasteiger partial charge in [-0.05, 0) is 25.0 Å². The first kappa shape index (κ1) is 13.9. The summed E-state index contributed by atoms with van der Waals surface area (Å²) in [6.45, 7) is 1.60. The van der Waals surface area contributed by atoms with Gasteiger partial charge in [-0.15, -0.1) is 5.10 Å². The molecular weight excluding hydrogens is 276 g/mol. The number of benzene rings is 1. The van der Waals surface area contributed by atoms with Crippen LogP contribution in [0.1, 0.15) is 24.2 Å². The normalized spacial score (nSPS) is 16.4. The van der Waals surface area contributed by atoms with E-state index in [-0.39, 0.29) is 18.0 Å². The molecule has 0 amide bonds. The summed E-state index contributed by atoms with van der Waals surface area (Å²) in [5.74, 6) is -0.133. The van der Waals surface area contributed by atoms with E-state index in [9.17, 15) is 8.78 Å². The molecule has 2 aromatic rings. The predicted octanol–water partition coefficient (Wildman–Crippen LogP) is 1.60. The third kappa shape index (κ3) is 3.02. The minimum Gasteiger partial charge on any atom is -0.339 e. The highest BCUT2D eigenvalue weighted by molar-refractivity contribution is 5.31. The first-order chi connectivity index (χ1) is 10.1. The molecule has 0 bridgehead atoms. The van der Waals surface area contributed by atoms with E-state index in [0.717, 1.165) is 25.9 Å². The average Bonchev–Trinajstić information content (AvgIpc) is 2.92. The lowest BCUT2D eigenvalue weighted by molar-refractivity contribution is 0.496. The molecule has 0 atom stereocenters. The van der Waals surface area contributed by atoms with Gasteiger partial charge in [-0.2, -0.15) is 4.98 Å². The van der Waals surface area contributed by atoms with Crippen molar-refractivity contribution in [2.45, 2.75) is 25.3 Å². The van der Waals surface area contributed by atoms with Gasteiger partial charge in [0.25, 0.3) is 0 Å². The lowest BCUT2D eigenvalue weighted by Gasteiger charge is -2.28. The lowest BCUT2D eigenvalue weighted by atomic mass is 10.1. The van der Waals surface area contributed by atoms with Crippen molar-refractivity contribution >= 4 is 5.95 Å². The molecule has 0 saturated carbocycles. The van der Waals surface area contributed by atoms with Crippen LogP contribution < -0.4 is 10.6 Å². The highest BCUT2D eigenvalue weighted by Crippen LogP contribution is 2.18. The zero-order valence-corrected chi connectivity index (χ0v) is 11.5. The van der Waals surface area contributed by atoms with Crippen LogP contribution >= 0.6 is 0 Å². The Labute approximate surface area is 121 Å². The van der Waals surface area contributed by atoms with E-state index in [0.29, 0.717) is 11.8 Å². The molecule has 0 spiro atoms. The SMILES string of the molecule is NC1CCN(c2n[nH]c(Cc3c(F)cccc3F)n2)CC1. The molecule has 1 fully saturated rings. The Hall–Kier alpha value is -2.02. The summed E-state index contributed by atoms with van der Waals surface area (Å²) in [4.78, 5) is 6.35. The van der Waals surface area contributed by atoms with Crippen LogP contribution in [-0.4, -0.2) is 34.3 Å². The second-order valence-corrected chi connectivity index (χ2v) is 5.28. The van der Waals surface area contributed by atoms with Gasteiger partial charge in [0.15, 0.2) is 0 Å². The molecule has 21 heavy (non-hydrogen) atoms. The third-order valence-electron chi connectivity index (χ3n) is 3.75. The Morgan fingerprint density at radius 1 is 1.24 bits per heavy atom. The molecule has 1 saturated heterocycles. The van der Waals surface area contributed by atoms with Crippen molar-refractivity contribution in [1.29, 1.82) is 0 Å². The number of aromatic amines is 1. The molecule has 3 N–H and O–H groups in total. The zero-order chi connectivity index (χ0) is 14.8. The Balaban J connectivity index is 1.73. The smallest absolute Gasteiger partial charge is 0.244 e. The number of nitrogens with one attached hydrogen (secondary N) is 1. The molecule has 1 aromatic heterocycles. The number of hydrogen-bond donors (Lipinski definition) is 2. The molecule has 1 aromatic carbocycles. The first-order valence-corrected chi connectivity index (χ1v) is 6.98. The van der Waals surface area contributed by atoms with Crippen molar-refractivity contribution in [2.24, 2.45) is 5.73 Å². The number of halogens is 2. The van der Waals surface area contributed by atoms with Crippen molar-refractivity contribution in [3.8, 4) is 0 Å². The molecule has 1 aliphatic rings. The van der Waals surface area contributed by atoms with Crippen LogP contribution in [0.15, 0.2) is 18.2 Å². The monoisotopic (exact) mass is 293 g/mol. The fraction of sp³-hybridized carbons (Fsp3) is 0.429. The molecule has 1 aliphatic heterocycles. The van der Waals surface area contributed by atoms with E-state index in [1.165, 1.54) is 18.2 Å². The summed E-state index contributed by atoms with van der Waals surface area (Å²) >= 11 is 0. The Bertz CT molecular complexity index is 599. The van der Waals surface area contributed by atoms with Crippen molar-refractivity contribution in [3.05, 3.63) is 41.2 Å². The molecule has 0 aliphatic carbocycles. The van der Waals surface area contributed by atoms with Crippen molar-refractivity contribution in [3.63, 3.8) is 0 Å². The predicted molar refractivity (Wildman–Crippen MR) is 75.0 cm³/mol. The number of hydrogen-bond acceptors (Lipinski definition) is 4. The number of aromatic nitrogens is 3. The second-order valence-electron chi connectivity index (χ2n) is 5.28. The highest BCUT2D eigenvalue weighted by atomic mass is 19.1. The summed E-state index contributed by atoms with van der Waals surface area (Å²) in [7, 11) is 0. The van der Waals surface area contributed by atoms with E-state index in [1.807, 2.05) is 4.90 Å². The van der Waals surface area contributed by atoms with E-state index < -0.39 is 11.6 Å². The van der Waals surface area contributed by atoms with Crippen LogP contribution in [0, 0.1) is 11.6 Å². The summed E-state index contributed by atoms with van der Waals surface area (Å²) in [5.41, 5.74) is 5.86. The van der Waals surface area contributed by atoms with Crippen LogP contribution in [0.4, 0.5) is 14.7 Å². The molecule has 0 radical (unpaired) electrons. The topological polar surface area (TPSA) is 70.8 Å². The summed E-state index contributed by atoms with van der Waals surface area (Å²) < 4.78 is 27.2. The van der Waals surface area contributed by atoms with Gasteiger partial charge in [0.2, 0.25) is 5.95 Å². The summed E-state index contributed by atoms with van der Waals surface area (Å²) in [6, 6.07) is 4.05. The van der Waals surface area contributed by atoms with Gasteiger partial charge in [-0.25, -0.2) is 8.78 Å². The third-order valence-corrected chi connectivity index (χ3v) is 3.75. The quantitative estimate of drug-likeness (QED) is 0.902. The fourth-order valence-electron chi connectivity index (χ4n) is 2.47. The van der Waals surface area contributed by atoms with Gasteiger partial charge in [-0.3, -0.25) is 5.10 Å².